The van der Waals surface area contributed by atoms with Crippen LogP contribution >= 0.6 is 11.3 Å². The quantitative estimate of drug-likeness (QED) is 0.825. The molecule has 6 heteroatoms. The highest BCUT2D eigenvalue weighted by Gasteiger charge is 2.09. The molecule has 0 aliphatic carbocycles. The van der Waals surface area contributed by atoms with E-state index >= 15 is 0 Å². The van der Waals surface area contributed by atoms with Gasteiger partial charge in [-0.25, -0.2) is 4.98 Å². The number of benzene rings is 1. The molecule has 0 aliphatic heterocycles. The summed E-state index contributed by atoms with van der Waals surface area (Å²) in [6, 6.07) is 5.51. The van der Waals surface area contributed by atoms with E-state index in [0.29, 0.717) is 23.7 Å². The Labute approximate surface area is 115 Å². The van der Waals surface area contributed by atoms with Crippen LogP contribution in [0.15, 0.2) is 18.2 Å². The van der Waals surface area contributed by atoms with Crippen molar-refractivity contribution in [2.45, 2.75) is 25.9 Å². The third kappa shape index (κ3) is 3.65. The molecule has 0 aliphatic rings. The van der Waals surface area contributed by atoms with E-state index in [4.69, 9.17) is 10.5 Å². The molecule has 1 unspecified atom stereocenters. The van der Waals surface area contributed by atoms with Gasteiger partial charge < -0.3 is 15.8 Å². The molecule has 0 bridgehead atoms. The van der Waals surface area contributed by atoms with E-state index in [1.807, 2.05) is 19.1 Å². The molecule has 2 aromatic rings. The van der Waals surface area contributed by atoms with Gasteiger partial charge in [-0.1, -0.05) is 11.3 Å². The SMILES string of the molecule is COC(C)CCC(=O)Nc1nc2ccc(N)cc2s1. The highest BCUT2D eigenvalue weighted by Crippen LogP contribution is 2.27. The fourth-order valence-corrected chi connectivity index (χ4v) is 2.56. The monoisotopic (exact) mass is 279 g/mol. The number of carbonyl (C=O) groups excluding carboxylic acids is 1. The third-order valence-electron chi connectivity index (χ3n) is 2.84. The highest BCUT2D eigenvalue weighted by molar-refractivity contribution is 7.22. The maximum Gasteiger partial charge on any atom is 0.226 e. The van der Waals surface area contributed by atoms with Gasteiger partial charge in [0.25, 0.3) is 0 Å². The second-order valence-corrected chi connectivity index (χ2v) is 5.41. The number of aromatic nitrogens is 1. The number of anilines is 2. The summed E-state index contributed by atoms with van der Waals surface area (Å²) in [4.78, 5) is 16.1. The first-order valence-corrected chi connectivity index (χ1v) is 6.89. The third-order valence-corrected chi connectivity index (χ3v) is 3.77. The van der Waals surface area contributed by atoms with Crippen LogP contribution < -0.4 is 11.1 Å². The Kier molecular flexibility index (Phi) is 4.34. The molecule has 1 aromatic heterocycles. The Morgan fingerprint density at radius 1 is 1.58 bits per heavy atom. The summed E-state index contributed by atoms with van der Waals surface area (Å²) in [7, 11) is 1.64. The lowest BCUT2D eigenvalue weighted by Gasteiger charge is -2.07. The second kappa shape index (κ2) is 5.99. The summed E-state index contributed by atoms with van der Waals surface area (Å²) in [5.41, 5.74) is 7.25. The molecule has 1 aromatic carbocycles. The number of amides is 1. The largest absolute Gasteiger partial charge is 0.399 e. The molecule has 1 heterocycles. The van der Waals surface area contributed by atoms with Crippen LogP contribution in [0.25, 0.3) is 10.2 Å². The number of carbonyl (C=O) groups is 1. The number of nitrogens with two attached hydrogens (primary N) is 1. The number of nitrogen functional groups attached to an aromatic ring is 1. The number of hydrogen-bond acceptors (Lipinski definition) is 5. The number of nitrogens with zero attached hydrogens (tertiary/aromatic N) is 1. The minimum atomic E-state index is -0.0454. The summed E-state index contributed by atoms with van der Waals surface area (Å²) in [6.45, 7) is 1.94. The first-order chi connectivity index (χ1) is 9.08. The molecule has 0 fully saturated rings. The second-order valence-electron chi connectivity index (χ2n) is 4.38. The lowest BCUT2D eigenvalue weighted by atomic mass is 10.2. The van der Waals surface area contributed by atoms with Gasteiger partial charge in [-0.3, -0.25) is 4.79 Å². The fraction of sp³-hybridized carbons (Fsp3) is 0.385. The topological polar surface area (TPSA) is 77.2 Å². The molecule has 0 saturated heterocycles. The lowest BCUT2D eigenvalue weighted by Crippen LogP contribution is -2.14. The summed E-state index contributed by atoms with van der Waals surface area (Å²) in [6.07, 6.45) is 1.20. The average molecular weight is 279 g/mol. The molecule has 5 nitrogen and oxygen atoms in total. The fourth-order valence-electron chi connectivity index (χ4n) is 1.63. The molecule has 0 spiro atoms. The van der Waals surface area contributed by atoms with Crippen LogP contribution in [0.4, 0.5) is 10.8 Å². The van der Waals surface area contributed by atoms with Crippen molar-refractivity contribution in [2.75, 3.05) is 18.2 Å². The predicted octanol–water partition coefficient (Wildman–Crippen LogP) is 2.63. The van der Waals surface area contributed by atoms with E-state index in [-0.39, 0.29) is 12.0 Å². The molecular formula is C13H17N3O2S. The molecule has 19 heavy (non-hydrogen) atoms. The number of thiazole rings is 1. The highest BCUT2D eigenvalue weighted by atomic mass is 32.1. The summed E-state index contributed by atoms with van der Waals surface area (Å²) < 4.78 is 6.08. The van der Waals surface area contributed by atoms with Gasteiger partial charge >= 0.3 is 0 Å². The molecule has 102 valence electrons. The van der Waals surface area contributed by atoms with E-state index in [2.05, 4.69) is 10.3 Å². The van der Waals surface area contributed by atoms with Gasteiger partial charge in [-0.2, -0.15) is 0 Å². The number of hydrogen-bond donors (Lipinski definition) is 2. The number of rotatable bonds is 5. The maximum atomic E-state index is 11.8. The number of nitrogens with one attached hydrogen (secondary N) is 1. The first kappa shape index (κ1) is 13.8. The summed E-state index contributed by atoms with van der Waals surface area (Å²) in [5.74, 6) is -0.0454. The van der Waals surface area contributed by atoms with Crippen LogP contribution in [0.1, 0.15) is 19.8 Å². The minimum Gasteiger partial charge on any atom is -0.399 e. The summed E-state index contributed by atoms with van der Waals surface area (Å²) in [5, 5.41) is 3.41. The predicted molar refractivity (Wildman–Crippen MR) is 78.4 cm³/mol. The minimum absolute atomic E-state index is 0.0454. The Morgan fingerprint density at radius 3 is 3.11 bits per heavy atom. The zero-order chi connectivity index (χ0) is 13.8. The van der Waals surface area contributed by atoms with Crippen LogP contribution in [0.5, 0.6) is 0 Å². The molecule has 0 saturated carbocycles. The Hall–Kier alpha value is -1.66. The standard InChI is InChI=1S/C13H17N3O2S/c1-8(18-2)3-6-12(17)16-13-15-10-5-4-9(14)7-11(10)19-13/h4-5,7-8H,3,6,14H2,1-2H3,(H,15,16,17). The van der Waals surface area contributed by atoms with Crippen molar-refractivity contribution in [3.8, 4) is 0 Å². The van der Waals surface area contributed by atoms with Crippen LogP contribution in [-0.4, -0.2) is 24.1 Å². The van der Waals surface area contributed by atoms with Crippen LogP contribution in [0.3, 0.4) is 0 Å². The maximum absolute atomic E-state index is 11.8. The van der Waals surface area contributed by atoms with Gasteiger partial charge in [0, 0.05) is 19.2 Å². The van der Waals surface area contributed by atoms with Gasteiger partial charge in [0.1, 0.15) is 0 Å². The van der Waals surface area contributed by atoms with E-state index in [9.17, 15) is 4.79 Å². The number of fused-ring (bicyclic) bond motifs is 1. The van der Waals surface area contributed by atoms with Gasteiger partial charge in [0.15, 0.2) is 5.13 Å². The smallest absolute Gasteiger partial charge is 0.226 e. The lowest BCUT2D eigenvalue weighted by molar-refractivity contribution is -0.116. The number of methoxy groups -OCH3 is 1. The molecule has 1 atom stereocenters. The van der Waals surface area contributed by atoms with E-state index in [1.54, 1.807) is 13.2 Å². The Morgan fingerprint density at radius 2 is 2.37 bits per heavy atom. The normalized spacial score (nSPS) is 12.5. The van der Waals surface area contributed by atoms with Gasteiger partial charge in [-0.15, -0.1) is 0 Å². The van der Waals surface area contributed by atoms with E-state index in [1.165, 1.54) is 11.3 Å². The first-order valence-electron chi connectivity index (χ1n) is 6.07. The average Bonchev–Trinajstić information content (AvgIpc) is 2.77. The molecule has 0 radical (unpaired) electrons. The van der Waals surface area contributed by atoms with Crippen molar-refractivity contribution in [1.29, 1.82) is 0 Å². The van der Waals surface area contributed by atoms with Crippen LogP contribution in [-0.2, 0) is 9.53 Å². The van der Waals surface area contributed by atoms with Crippen molar-refractivity contribution >= 4 is 38.3 Å². The Bertz CT molecular complexity index is 582. The zero-order valence-corrected chi connectivity index (χ0v) is 11.8. The Balaban J connectivity index is 1.99. The van der Waals surface area contributed by atoms with Crippen molar-refractivity contribution < 1.29 is 9.53 Å². The van der Waals surface area contributed by atoms with E-state index in [0.717, 1.165) is 10.2 Å². The van der Waals surface area contributed by atoms with Crippen molar-refractivity contribution in [3.05, 3.63) is 18.2 Å². The zero-order valence-electron chi connectivity index (χ0n) is 11.0. The molecule has 1 amide bonds. The molecule has 3 N–H and O–H groups in total. The molecule has 2 rings (SSSR count). The van der Waals surface area contributed by atoms with E-state index < -0.39 is 0 Å². The number of ether oxygens (including phenoxy) is 1. The molecular weight excluding hydrogens is 262 g/mol. The van der Waals surface area contributed by atoms with Crippen LogP contribution in [0, 0.1) is 0 Å². The van der Waals surface area contributed by atoms with Crippen LogP contribution in [0.2, 0.25) is 0 Å². The van der Waals surface area contributed by atoms with Crippen molar-refractivity contribution in [2.24, 2.45) is 0 Å². The van der Waals surface area contributed by atoms with Crippen molar-refractivity contribution in [3.63, 3.8) is 0 Å². The summed E-state index contributed by atoms with van der Waals surface area (Å²) >= 11 is 1.43. The van der Waals surface area contributed by atoms with Gasteiger partial charge in [0.2, 0.25) is 5.91 Å². The van der Waals surface area contributed by atoms with Crippen molar-refractivity contribution in [1.82, 2.24) is 4.98 Å². The van der Waals surface area contributed by atoms with Gasteiger partial charge in [-0.05, 0) is 31.5 Å². The van der Waals surface area contributed by atoms with Gasteiger partial charge in [0.05, 0.1) is 16.3 Å².